The van der Waals surface area contributed by atoms with Gasteiger partial charge in [-0.1, -0.05) is 0 Å². The summed E-state index contributed by atoms with van der Waals surface area (Å²) < 4.78 is 10.1. The molecule has 8 heteroatoms. The quantitative estimate of drug-likeness (QED) is 0.263. The SMILES string of the molecule is COc1ccc(C(=O)C(C)(C)C(=O)OOC(=O)C(C)(C)C(=O)c2ccc(OC)cc2)cc1. The molecule has 0 bridgehead atoms. The van der Waals surface area contributed by atoms with E-state index < -0.39 is 34.3 Å². The Morgan fingerprint density at radius 3 is 1.09 bits per heavy atom. The highest BCUT2D eigenvalue weighted by atomic mass is 17.2. The zero-order chi connectivity index (χ0) is 24.1. The van der Waals surface area contributed by atoms with Crippen LogP contribution in [0.3, 0.4) is 0 Å². The third kappa shape index (κ3) is 5.14. The summed E-state index contributed by atoms with van der Waals surface area (Å²) in [6, 6.07) is 12.4. The number of Topliss-reactive ketones (excluding diaryl/α,β-unsaturated/α-hetero) is 2. The third-order valence-electron chi connectivity index (χ3n) is 5.05. The fourth-order valence-electron chi connectivity index (χ4n) is 2.68. The Bertz CT molecular complexity index is 918. The fraction of sp³-hybridized carbons (Fsp3) is 0.333. The summed E-state index contributed by atoms with van der Waals surface area (Å²) in [5.41, 5.74) is -2.76. The van der Waals surface area contributed by atoms with Gasteiger partial charge in [-0.25, -0.2) is 19.4 Å². The largest absolute Gasteiger partial charge is 0.497 e. The number of rotatable bonds is 8. The average molecular weight is 442 g/mol. The van der Waals surface area contributed by atoms with Crippen molar-refractivity contribution in [2.75, 3.05) is 14.2 Å². The Hall–Kier alpha value is -3.68. The summed E-state index contributed by atoms with van der Waals surface area (Å²) in [4.78, 5) is 59.8. The number of ketones is 2. The molecule has 0 unspecified atom stereocenters. The topological polar surface area (TPSA) is 105 Å². The molecule has 2 rings (SSSR count). The minimum atomic E-state index is -1.64. The standard InChI is InChI=1S/C24H26O8/c1-23(2,19(25)15-7-11-17(29-5)12-8-15)21(27)31-32-22(28)24(3,4)20(26)16-9-13-18(30-6)14-10-16/h7-14H,1-6H3. The van der Waals surface area contributed by atoms with Gasteiger partial charge in [0.05, 0.1) is 14.2 Å². The first-order chi connectivity index (χ1) is 14.9. The van der Waals surface area contributed by atoms with E-state index in [9.17, 15) is 19.2 Å². The van der Waals surface area contributed by atoms with E-state index in [1.807, 2.05) is 0 Å². The van der Waals surface area contributed by atoms with Crippen molar-refractivity contribution in [3.63, 3.8) is 0 Å². The molecule has 170 valence electrons. The second-order valence-corrected chi connectivity index (χ2v) is 8.11. The van der Waals surface area contributed by atoms with E-state index in [-0.39, 0.29) is 11.1 Å². The van der Waals surface area contributed by atoms with Gasteiger partial charge in [-0.05, 0) is 76.2 Å². The van der Waals surface area contributed by atoms with Crippen LogP contribution in [-0.2, 0) is 19.4 Å². The normalized spacial score (nSPS) is 11.3. The van der Waals surface area contributed by atoms with Crippen molar-refractivity contribution < 1.29 is 38.4 Å². The van der Waals surface area contributed by atoms with Gasteiger partial charge in [-0.15, -0.1) is 0 Å². The van der Waals surface area contributed by atoms with E-state index in [0.717, 1.165) is 0 Å². The van der Waals surface area contributed by atoms with Crippen LogP contribution in [0, 0.1) is 10.8 Å². The molecule has 0 N–H and O–H groups in total. The second kappa shape index (κ2) is 9.64. The smallest absolute Gasteiger partial charge is 0.368 e. The van der Waals surface area contributed by atoms with Crippen molar-refractivity contribution >= 4 is 23.5 Å². The lowest BCUT2D eigenvalue weighted by atomic mass is 9.84. The van der Waals surface area contributed by atoms with E-state index in [2.05, 4.69) is 9.78 Å². The van der Waals surface area contributed by atoms with Gasteiger partial charge < -0.3 is 9.47 Å². The maximum absolute atomic E-state index is 12.7. The van der Waals surface area contributed by atoms with Crippen LogP contribution in [0.15, 0.2) is 48.5 Å². The van der Waals surface area contributed by atoms with Crippen molar-refractivity contribution in [2.24, 2.45) is 10.8 Å². The third-order valence-corrected chi connectivity index (χ3v) is 5.05. The van der Waals surface area contributed by atoms with E-state index in [4.69, 9.17) is 9.47 Å². The molecule has 0 saturated heterocycles. The van der Waals surface area contributed by atoms with Crippen LogP contribution in [0.5, 0.6) is 11.5 Å². The molecule has 8 nitrogen and oxygen atoms in total. The summed E-state index contributed by atoms with van der Waals surface area (Å²) in [6.07, 6.45) is 0. The Morgan fingerprint density at radius 1 is 0.562 bits per heavy atom. The zero-order valence-electron chi connectivity index (χ0n) is 18.9. The van der Waals surface area contributed by atoms with E-state index in [1.165, 1.54) is 66.2 Å². The number of hydrogen-bond donors (Lipinski definition) is 0. The van der Waals surface area contributed by atoms with Crippen LogP contribution >= 0.6 is 0 Å². The van der Waals surface area contributed by atoms with Crippen LogP contribution in [0.1, 0.15) is 48.4 Å². The monoisotopic (exact) mass is 442 g/mol. The van der Waals surface area contributed by atoms with E-state index in [1.54, 1.807) is 24.3 Å². The maximum Gasteiger partial charge on any atom is 0.368 e. The number of ether oxygens (including phenoxy) is 2. The van der Waals surface area contributed by atoms with Crippen molar-refractivity contribution in [2.45, 2.75) is 27.7 Å². The number of benzene rings is 2. The predicted molar refractivity (Wildman–Crippen MR) is 114 cm³/mol. The van der Waals surface area contributed by atoms with Gasteiger partial charge >= 0.3 is 11.9 Å². The Morgan fingerprint density at radius 2 is 0.844 bits per heavy atom. The minimum Gasteiger partial charge on any atom is -0.497 e. The van der Waals surface area contributed by atoms with Gasteiger partial charge in [0, 0.05) is 11.1 Å². The molecule has 0 aliphatic heterocycles. The molecule has 0 heterocycles. The Labute approximate surface area is 186 Å². The van der Waals surface area contributed by atoms with Crippen LogP contribution in [0.2, 0.25) is 0 Å². The van der Waals surface area contributed by atoms with Gasteiger partial charge in [-0.3, -0.25) is 9.59 Å². The van der Waals surface area contributed by atoms with Crippen molar-refractivity contribution in [3.8, 4) is 11.5 Å². The lowest BCUT2D eigenvalue weighted by Gasteiger charge is -2.23. The molecule has 0 atom stereocenters. The molecule has 0 aromatic heterocycles. The van der Waals surface area contributed by atoms with Gasteiger partial charge in [-0.2, -0.15) is 0 Å². The summed E-state index contributed by atoms with van der Waals surface area (Å²) in [5.74, 6) is -2.09. The van der Waals surface area contributed by atoms with Gasteiger partial charge in [0.15, 0.2) is 11.6 Å². The molecule has 32 heavy (non-hydrogen) atoms. The molecule has 0 saturated carbocycles. The highest BCUT2D eigenvalue weighted by Crippen LogP contribution is 2.28. The fourth-order valence-corrected chi connectivity index (χ4v) is 2.68. The van der Waals surface area contributed by atoms with Crippen LogP contribution in [0.25, 0.3) is 0 Å². The molecule has 0 aliphatic carbocycles. The Balaban J connectivity index is 2.06. The maximum atomic E-state index is 12.7. The van der Waals surface area contributed by atoms with Crippen molar-refractivity contribution in [1.82, 2.24) is 0 Å². The summed E-state index contributed by atoms with van der Waals surface area (Å²) >= 11 is 0. The first-order valence-electron chi connectivity index (χ1n) is 9.76. The van der Waals surface area contributed by atoms with Gasteiger partial charge in [0.2, 0.25) is 0 Å². The molecular weight excluding hydrogens is 416 g/mol. The van der Waals surface area contributed by atoms with Crippen LogP contribution in [-0.4, -0.2) is 37.7 Å². The van der Waals surface area contributed by atoms with Gasteiger partial charge in [0.25, 0.3) is 0 Å². The summed E-state index contributed by atoms with van der Waals surface area (Å²) in [6.45, 7) is 5.40. The minimum absolute atomic E-state index is 0.258. The van der Waals surface area contributed by atoms with Crippen molar-refractivity contribution in [3.05, 3.63) is 59.7 Å². The summed E-state index contributed by atoms with van der Waals surface area (Å²) in [5, 5.41) is 0. The highest BCUT2D eigenvalue weighted by molar-refractivity contribution is 6.13. The van der Waals surface area contributed by atoms with E-state index in [0.29, 0.717) is 11.5 Å². The predicted octanol–water partition coefficient (Wildman–Crippen LogP) is 3.82. The average Bonchev–Trinajstić information content (AvgIpc) is 2.81. The van der Waals surface area contributed by atoms with Gasteiger partial charge in [0.1, 0.15) is 22.3 Å². The molecule has 0 radical (unpaired) electrons. The van der Waals surface area contributed by atoms with Crippen LogP contribution < -0.4 is 9.47 Å². The zero-order valence-corrected chi connectivity index (χ0v) is 18.9. The summed E-state index contributed by atoms with van der Waals surface area (Å²) in [7, 11) is 2.99. The van der Waals surface area contributed by atoms with Crippen LogP contribution in [0.4, 0.5) is 0 Å². The molecule has 0 fully saturated rings. The number of carbonyl (C=O) groups excluding carboxylic acids is 4. The second-order valence-electron chi connectivity index (χ2n) is 8.11. The van der Waals surface area contributed by atoms with E-state index >= 15 is 0 Å². The lowest BCUT2D eigenvalue weighted by molar-refractivity contribution is -0.268. The first-order valence-corrected chi connectivity index (χ1v) is 9.76. The molecule has 2 aromatic rings. The molecular formula is C24H26O8. The number of hydrogen-bond acceptors (Lipinski definition) is 8. The number of carbonyl (C=O) groups is 4. The first kappa shape index (κ1) is 24.6. The van der Waals surface area contributed by atoms with Crippen molar-refractivity contribution in [1.29, 1.82) is 0 Å². The highest BCUT2D eigenvalue weighted by Gasteiger charge is 2.43. The molecule has 0 spiro atoms. The molecule has 0 amide bonds. The molecule has 2 aromatic carbocycles. The Kier molecular flexibility index (Phi) is 7.40. The number of methoxy groups -OCH3 is 2. The lowest BCUT2D eigenvalue weighted by Crippen LogP contribution is -2.39. The molecule has 0 aliphatic rings.